The van der Waals surface area contributed by atoms with Crippen LogP contribution in [-0.4, -0.2) is 33.3 Å². The molecule has 0 saturated carbocycles. The lowest BCUT2D eigenvalue weighted by molar-refractivity contribution is 0.143. The first-order chi connectivity index (χ1) is 10.6. The monoisotopic (exact) mass is 324 g/mol. The van der Waals surface area contributed by atoms with Crippen LogP contribution in [0.2, 0.25) is 5.02 Å². The average Bonchev–Trinajstić information content (AvgIpc) is 2.90. The van der Waals surface area contributed by atoms with E-state index in [0.29, 0.717) is 13.2 Å². The minimum absolute atomic E-state index is 0.116. The van der Waals surface area contributed by atoms with E-state index in [2.05, 4.69) is 26.6 Å². The van der Waals surface area contributed by atoms with Crippen molar-refractivity contribution in [3.05, 3.63) is 46.3 Å². The minimum Gasteiger partial charge on any atom is -0.377 e. The van der Waals surface area contributed by atoms with Crippen LogP contribution in [0.15, 0.2) is 18.2 Å². The topological polar surface area (TPSA) is 43.2 Å². The molecule has 0 radical (unpaired) electrons. The SMILES string of the molecule is COCc1nnc2n1CCN(Cc1ccc(Cl)c(F)c1)[C@H]2C. The van der Waals surface area contributed by atoms with Crippen LogP contribution in [0.25, 0.3) is 0 Å². The van der Waals surface area contributed by atoms with E-state index in [0.717, 1.165) is 30.3 Å². The van der Waals surface area contributed by atoms with Gasteiger partial charge in [0.05, 0.1) is 11.1 Å². The molecule has 7 heteroatoms. The average molecular weight is 325 g/mol. The number of aromatic nitrogens is 3. The van der Waals surface area contributed by atoms with Crippen LogP contribution in [0.1, 0.15) is 30.2 Å². The van der Waals surface area contributed by atoms with Gasteiger partial charge in [0, 0.05) is 26.7 Å². The molecule has 118 valence electrons. The Hall–Kier alpha value is -1.50. The maximum atomic E-state index is 13.6. The zero-order valence-corrected chi connectivity index (χ0v) is 13.3. The maximum absolute atomic E-state index is 13.6. The Labute approximate surface area is 133 Å². The second-order valence-corrected chi connectivity index (χ2v) is 5.86. The molecule has 0 aliphatic carbocycles. The fraction of sp³-hybridized carbons (Fsp3) is 0.467. The summed E-state index contributed by atoms with van der Waals surface area (Å²) in [6.07, 6.45) is 0. The standard InChI is InChI=1S/C15H18ClFN4O/c1-10-15-19-18-14(9-22-2)21(15)6-5-20(10)8-11-3-4-12(16)13(17)7-11/h3-4,7,10H,5-6,8-9H2,1-2H3/t10-/m0/s1. The van der Waals surface area contributed by atoms with Crippen molar-refractivity contribution in [3.63, 3.8) is 0 Å². The summed E-state index contributed by atoms with van der Waals surface area (Å²) in [6.45, 7) is 4.86. The van der Waals surface area contributed by atoms with Gasteiger partial charge in [-0.2, -0.15) is 0 Å². The van der Waals surface area contributed by atoms with E-state index in [9.17, 15) is 4.39 Å². The fourth-order valence-electron chi connectivity index (χ4n) is 2.81. The Bertz CT molecular complexity index is 676. The number of methoxy groups -OCH3 is 1. The molecule has 1 aromatic heterocycles. The summed E-state index contributed by atoms with van der Waals surface area (Å²) in [6, 6.07) is 5.06. The molecule has 1 aromatic carbocycles. The molecule has 2 aromatic rings. The first-order valence-electron chi connectivity index (χ1n) is 7.19. The van der Waals surface area contributed by atoms with E-state index in [1.54, 1.807) is 13.2 Å². The van der Waals surface area contributed by atoms with Gasteiger partial charge in [-0.25, -0.2) is 4.39 Å². The molecule has 2 heterocycles. The Kier molecular flexibility index (Phi) is 4.42. The quantitative estimate of drug-likeness (QED) is 0.867. The third-order valence-corrected chi connectivity index (χ3v) is 4.34. The zero-order valence-electron chi connectivity index (χ0n) is 12.6. The summed E-state index contributed by atoms with van der Waals surface area (Å²) in [5.41, 5.74) is 0.902. The molecule has 0 spiro atoms. The highest BCUT2D eigenvalue weighted by Crippen LogP contribution is 2.27. The third kappa shape index (κ3) is 2.86. The van der Waals surface area contributed by atoms with Gasteiger partial charge in [0.25, 0.3) is 0 Å². The second kappa shape index (κ2) is 6.32. The lowest BCUT2D eigenvalue weighted by Gasteiger charge is -2.33. The molecule has 22 heavy (non-hydrogen) atoms. The van der Waals surface area contributed by atoms with Gasteiger partial charge in [-0.3, -0.25) is 4.90 Å². The lowest BCUT2D eigenvalue weighted by Crippen LogP contribution is -2.37. The summed E-state index contributed by atoms with van der Waals surface area (Å²) in [7, 11) is 1.65. The molecule has 0 unspecified atom stereocenters. The van der Waals surface area contributed by atoms with Crippen molar-refractivity contribution in [2.24, 2.45) is 0 Å². The van der Waals surface area contributed by atoms with E-state index in [4.69, 9.17) is 16.3 Å². The summed E-state index contributed by atoms with van der Waals surface area (Å²) >= 11 is 5.73. The normalized spacial score (nSPS) is 18.5. The number of hydrogen-bond acceptors (Lipinski definition) is 4. The van der Waals surface area contributed by atoms with E-state index in [1.807, 2.05) is 6.07 Å². The van der Waals surface area contributed by atoms with Gasteiger partial charge in [0.2, 0.25) is 0 Å². The molecular weight excluding hydrogens is 307 g/mol. The van der Waals surface area contributed by atoms with E-state index in [-0.39, 0.29) is 16.9 Å². The Balaban J connectivity index is 1.77. The van der Waals surface area contributed by atoms with Crippen molar-refractivity contribution >= 4 is 11.6 Å². The number of halogens is 2. The molecule has 0 N–H and O–H groups in total. The smallest absolute Gasteiger partial charge is 0.159 e. The number of ether oxygens (including phenoxy) is 1. The molecule has 3 rings (SSSR count). The molecule has 1 aliphatic rings. The predicted molar refractivity (Wildman–Crippen MR) is 81.0 cm³/mol. The highest BCUT2D eigenvalue weighted by molar-refractivity contribution is 6.30. The van der Waals surface area contributed by atoms with Gasteiger partial charge in [-0.15, -0.1) is 10.2 Å². The molecule has 1 aliphatic heterocycles. The van der Waals surface area contributed by atoms with Gasteiger partial charge in [-0.1, -0.05) is 17.7 Å². The lowest BCUT2D eigenvalue weighted by atomic mass is 10.1. The van der Waals surface area contributed by atoms with Crippen molar-refractivity contribution in [2.45, 2.75) is 32.7 Å². The fourth-order valence-corrected chi connectivity index (χ4v) is 2.93. The zero-order chi connectivity index (χ0) is 15.7. The van der Waals surface area contributed by atoms with Crippen LogP contribution >= 0.6 is 11.6 Å². The molecule has 0 fully saturated rings. The van der Waals surface area contributed by atoms with E-state index in [1.165, 1.54) is 6.07 Å². The Morgan fingerprint density at radius 3 is 2.91 bits per heavy atom. The molecule has 1 atom stereocenters. The minimum atomic E-state index is -0.380. The third-order valence-electron chi connectivity index (χ3n) is 4.03. The molecular formula is C15H18ClFN4O. The molecule has 0 saturated heterocycles. The number of nitrogens with zero attached hydrogens (tertiary/aromatic N) is 4. The van der Waals surface area contributed by atoms with Crippen LogP contribution in [0.5, 0.6) is 0 Å². The van der Waals surface area contributed by atoms with Gasteiger partial charge in [-0.05, 0) is 24.6 Å². The number of hydrogen-bond donors (Lipinski definition) is 0. The first-order valence-corrected chi connectivity index (χ1v) is 7.57. The molecule has 5 nitrogen and oxygen atoms in total. The van der Waals surface area contributed by atoms with E-state index < -0.39 is 0 Å². The van der Waals surface area contributed by atoms with E-state index >= 15 is 0 Å². The van der Waals surface area contributed by atoms with Gasteiger partial charge in [0.1, 0.15) is 18.2 Å². The van der Waals surface area contributed by atoms with Crippen LogP contribution < -0.4 is 0 Å². The molecule has 0 amide bonds. The maximum Gasteiger partial charge on any atom is 0.159 e. The summed E-state index contributed by atoms with van der Waals surface area (Å²) < 4.78 is 20.8. The summed E-state index contributed by atoms with van der Waals surface area (Å²) in [4.78, 5) is 2.25. The van der Waals surface area contributed by atoms with Crippen LogP contribution in [0.4, 0.5) is 4.39 Å². The largest absolute Gasteiger partial charge is 0.377 e. The summed E-state index contributed by atoms with van der Waals surface area (Å²) in [5, 5.41) is 8.62. The number of fused-ring (bicyclic) bond motifs is 1. The van der Waals surface area contributed by atoms with Crippen molar-refractivity contribution in [2.75, 3.05) is 13.7 Å². The Morgan fingerprint density at radius 1 is 1.36 bits per heavy atom. The predicted octanol–water partition coefficient (Wildman–Crippen LogP) is 2.79. The van der Waals surface area contributed by atoms with Crippen molar-refractivity contribution < 1.29 is 9.13 Å². The number of rotatable bonds is 4. The highest BCUT2D eigenvalue weighted by atomic mass is 35.5. The van der Waals surface area contributed by atoms with Gasteiger partial charge >= 0.3 is 0 Å². The first kappa shape index (κ1) is 15.4. The van der Waals surface area contributed by atoms with Crippen molar-refractivity contribution in [1.82, 2.24) is 19.7 Å². The van der Waals surface area contributed by atoms with Crippen LogP contribution in [0, 0.1) is 5.82 Å². The van der Waals surface area contributed by atoms with Crippen molar-refractivity contribution in [1.29, 1.82) is 0 Å². The number of benzene rings is 1. The van der Waals surface area contributed by atoms with Crippen LogP contribution in [0.3, 0.4) is 0 Å². The van der Waals surface area contributed by atoms with Gasteiger partial charge in [0.15, 0.2) is 5.82 Å². The highest BCUT2D eigenvalue weighted by Gasteiger charge is 2.28. The summed E-state index contributed by atoms with van der Waals surface area (Å²) in [5.74, 6) is 1.39. The second-order valence-electron chi connectivity index (χ2n) is 5.45. The van der Waals surface area contributed by atoms with Gasteiger partial charge < -0.3 is 9.30 Å². The Morgan fingerprint density at radius 2 is 2.18 bits per heavy atom. The van der Waals surface area contributed by atoms with Crippen molar-refractivity contribution in [3.8, 4) is 0 Å². The van der Waals surface area contributed by atoms with Crippen LogP contribution in [-0.2, 0) is 24.4 Å². The molecule has 0 bridgehead atoms.